The molecule has 1 saturated carbocycles. The molecule has 5 heterocycles. The van der Waals surface area contributed by atoms with Crippen molar-refractivity contribution in [3.8, 4) is 22.3 Å². The standard InChI is InChI=1S/C54H56N8O6/c1-33-29-62(53(65)66)34(2)28-61(33)37-22-25-60(26-23-37)51-57-47-20-17-35(45-30-59(3)50(63)48-43(45)21-24-55-48)27-44(47)49(58-51)54(68-38-18-19-38,36-11-5-4-6-12-36)32-56-52(64)67-31-46-41-15-9-7-13-39(41)40-14-8-10-16-42(40)46/h4-17,20-21,24,27,30,33-34,37-38,46,55H,18-19,22-23,25-26,28-29,31-32H2,1-3H3,(H,56,64)(H,65,66)/t33-,34+,54?/m0/s1. The van der Waals surface area contributed by atoms with E-state index in [1.165, 1.54) is 0 Å². The number of alkyl carbamates (subject to hydrolysis) is 1. The minimum Gasteiger partial charge on any atom is -0.465 e. The molecule has 7 aromatic rings. The number of benzene rings is 4. The molecule has 3 aromatic heterocycles. The van der Waals surface area contributed by atoms with E-state index in [9.17, 15) is 19.5 Å². The van der Waals surface area contributed by atoms with Crippen LogP contribution in [0.15, 0.2) is 120 Å². The van der Waals surface area contributed by atoms with Crippen LogP contribution in [0.5, 0.6) is 0 Å². The van der Waals surface area contributed by atoms with Gasteiger partial charge in [-0.25, -0.2) is 19.6 Å². The fourth-order valence-corrected chi connectivity index (χ4v) is 11.1. The molecule has 1 unspecified atom stereocenters. The first-order valence-electron chi connectivity index (χ1n) is 23.9. The molecular weight excluding hydrogens is 857 g/mol. The third-order valence-corrected chi connectivity index (χ3v) is 14.7. The van der Waals surface area contributed by atoms with E-state index in [1.807, 2.05) is 85.9 Å². The molecule has 0 radical (unpaired) electrons. The molecule has 14 heteroatoms. The number of pyridine rings is 1. The van der Waals surface area contributed by atoms with Gasteiger partial charge in [0.25, 0.3) is 5.56 Å². The van der Waals surface area contributed by atoms with Gasteiger partial charge in [-0.05, 0) is 91.1 Å². The molecule has 68 heavy (non-hydrogen) atoms. The van der Waals surface area contributed by atoms with Gasteiger partial charge in [-0.1, -0.05) is 84.9 Å². The van der Waals surface area contributed by atoms with Crippen molar-refractivity contribution in [2.24, 2.45) is 7.05 Å². The second-order valence-electron chi connectivity index (χ2n) is 19.1. The predicted molar refractivity (Wildman–Crippen MR) is 262 cm³/mol. The number of carboxylic acid groups (broad SMARTS) is 1. The number of aromatic nitrogens is 4. The van der Waals surface area contributed by atoms with Gasteiger partial charge in [-0.3, -0.25) is 9.69 Å². The average Bonchev–Trinajstić information content (AvgIpc) is 3.93. The van der Waals surface area contributed by atoms with Gasteiger partial charge in [-0.15, -0.1) is 0 Å². The van der Waals surface area contributed by atoms with Crippen LogP contribution in [0.2, 0.25) is 0 Å². The van der Waals surface area contributed by atoms with Crippen molar-refractivity contribution in [2.45, 2.75) is 75.3 Å². The van der Waals surface area contributed by atoms with E-state index < -0.39 is 17.8 Å². The van der Waals surface area contributed by atoms with Crippen molar-refractivity contribution in [1.82, 2.24) is 34.6 Å². The minimum absolute atomic E-state index is 0.0301. The van der Waals surface area contributed by atoms with Crippen molar-refractivity contribution in [2.75, 3.05) is 44.2 Å². The number of nitrogens with zero attached hydrogens (tertiary/aromatic N) is 6. The topological polar surface area (TPSA) is 158 Å². The number of hydrogen-bond acceptors (Lipinski definition) is 9. The van der Waals surface area contributed by atoms with E-state index in [2.05, 4.69) is 57.4 Å². The van der Waals surface area contributed by atoms with Crippen molar-refractivity contribution >= 4 is 39.9 Å². The Labute approximate surface area is 394 Å². The summed E-state index contributed by atoms with van der Waals surface area (Å²) < 4.78 is 15.0. The Bertz CT molecular complexity index is 3060. The van der Waals surface area contributed by atoms with Crippen molar-refractivity contribution in [3.63, 3.8) is 0 Å². The maximum Gasteiger partial charge on any atom is 0.407 e. The van der Waals surface area contributed by atoms with Crippen molar-refractivity contribution in [3.05, 3.63) is 148 Å². The zero-order valence-corrected chi connectivity index (χ0v) is 38.6. The van der Waals surface area contributed by atoms with Gasteiger partial charge in [0.15, 0.2) is 5.60 Å². The molecule has 0 spiro atoms. The Morgan fingerprint density at radius 3 is 2.24 bits per heavy atom. The predicted octanol–water partition coefficient (Wildman–Crippen LogP) is 8.48. The summed E-state index contributed by atoms with van der Waals surface area (Å²) in [4.78, 5) is 59.6. The van der Waals surface area contributed by atoms with Crippen LogP contribution in [0.25, 0.3) is 44.1 Å². The summed E-state index contributed by atoms with van der Waals surface area (Å²) in [6, 6.07) is 35.0. The first-order chi connectivity index (χ1) is 33.1. The Hall–Kier alpha value is -7.03. The molecule has 4 aromatic carbocycles. The Kier molecular flexibility index (Phi) is 11.2. The van der Waals surface area contributed by atoms with Crippen LogP contribution in [0.1, 0.15) is 67.8 Å². The van der Waals surface area contributed by atoms with E-state index in [1.54, 1.807) is 22.7 Å². The van der Waals surface area contributed by atoms with Gasteiger partial charge >= 0.3 is 12.2 Å². The molecule has 11 rings (SSSR count). The van der Waals surface area contributed by atoms with Gasteiger partial charge < -0.3 is 39.2 Å². The fourth-order valence-electron chi connectivity index (χ4n) is 11.1. The molecule has 2 amide bonds. The quantitative estimate of drug-likeness (QED) is 0.115. The molecule has 0 bridgehead atoms. The van der Waals surface area contributed by atoms with E-state index in [-0.39, 0.29) is 48.9 Å². The molecule has 3 fully saturated rings. The maximum atomic E-state index is 14.2. The van der Waals surface area contributed by atoms with E-state index in [0.717, 1.165) is 80.9 Å². The number of rotatable bonds is 11. The van der Waals surface area contributed by atoms with Crippen LogP contribution in [-0.2, 0) is 22.1 Å². The van der Waals surface area contributed by atoms with Crippen LogP contribution in [0.3, 0.4) is 0 Å². The van der Waals surface area contributed by atoms with E-state index in [0.29, 0.717) is 43.3 Å². The van der Waals surface area contributed by atoms with Crippen molar-refractivity contribution < 1.29 is 24.2 Å². The maximum absolute atomic E-state index is 14.2. The number of ether oxygens (including phenoxy) is 2. The molecule has 3 N–H and O–H groups in total. The summed E-state index contributed by atoms with van der Waals surface area (Å²) in [5, 5.41) is 14.6. The normalized spacial score (nSPS) is 19.8. The van der Waals surface area contributed by atoms with Crippen LogP contribution >= 0.6 is 0 Å². The third kappa shape index (κ3) is 7.84. The lowest BCUT2D eigenvalue weighted by Gasteiger charge is -2.48. The SMILES string of the molecule is C[C@@H]1CN(C2CCN(c3nc(C(CNC(=O)OCC4c5ccccc5-c5ccccc54)(OC4CC4)c4ccccc4)c4cc(-c5cn(C)c(=O)c6[nH]ccc56)ccc4n3)CC2)[C@@H](C)CN1C(=O)O. The second kappa shape index (κ2) is 17.6. The lowest BCUT2D eigenvalue weighted by atomic mass is 9.86. The molecule has 3 atom stereocenters. The summed E-state index contributed by atoms with van der Waals surface area (Å²) in [5.74, 6) is 0.474. The lowest BCUT2D eigenvalue weighted by molar-refractivity contribution is -0.0314. The molecular formula is C54H56N8O6. The van der Waals surface area contributed by atoms with Crippen LogP contribution in [0.4, 0.5) is 15.5 Å². The van der Waals surface area contributed by atoms with E-state index >= 15 is 0 Å². The number of fused-ring (bicyclic) bond motifs is 5. The number of nitrogens with one attached hydrogen (secondary N) is 2. The highest BCUT2D eigenvalue weighted by Gasteiger charge is 2.45. The van der Waals surface area contributed by atoms with Crippen molar-refractivity contribution in [1.29, 1.82) is 0 Å². The molecule has 348 valence electrons. The molecule has 2 aliphatic carbocycles. The van der Waals surface area contributed by atoms with Gasteiger partial charge in [-0.2, -0.15) is 0 Å². The van der Waals surface area contributed by atoms with Crippen LogP contribution in [0, 0.1) is 0 Å². The molecule has 2 aliphatic heterocycles. The highest BCUT2D eigenvalue weighted by molar-refractivity contribution is 5.97. The summed E-state index contributed by atoms with van der Waals surface area (Å²) in [6.07, 6.45) is 5.64. The number of amides is 2. The smallest absolute Gasteiger partial charge is 0.407 e. The summed E-state index contributed by atoms with van der Waals surface area (Å²) in [5.41, 5.74) is 7.66. The Morgan fingerprint density at radius 1 is 0.824 bits per heavy atom. The third-order valence-electron chi connectivity index (χ3n) is 14.7. The number of aryl methyl sites for hydroxylation is 1. The fraction of sp³-hybridized carbons (Fsp3) is 0.352. The highest BCUT2D eigenvalue weighted by Crippen LogP contribution is 2.46. The first kappa shape index (κ1) is 43.5. The van der Waals surface area contributed by atoms with Crippen LogP contribution < -0.4 is 15.8 Å². The number of anilines is 1. The monoisotopic (exact) mass is 912 g/mol. The number of aromatic amines is 1. The first-order valence-corrected chi connectivity index (χ1v) is 23.9. The summed E-state index contributed by atoms with van der Waals surface area (Å²) >= 11 is 0. The number of carbonyl (C=O) groups excluding carboxylic acids is 1. The highest BCUT2D eigenvalue weighted by atomic mass is 16.6. The zero-order chi connectivity index (χ0) is 46.7. The molecule has 2 saturated heterocycles. The Balaban J connectivity index is 0.974. The van der Waals surface area contributed by atoms with E-state index in [4.69, 9.17) is 19.4 Å². The van der Waals surface area contributed by atoms with Gasteiger partial charge in [0.05, 0.1) is 23.9 Å². The number of hydrogen-bond donors (Lipinski definition) is 3. The lowest BCUT2D eigenvalue weighted by Crippen LogP contribution is -2.61. The van der Waals surface area contributed by atoms with Crippen LogP contribution in [-0.4, -0.2) is 110 Å². The Morgan fingerprint density at radius 2 is 1.53 bits per heavy atom. The largest absolute Gasteiger partial charge is 0.465 e. The van der Waals surface area contributed by atoms with Gasteiger partial charge in [0.2, 0.25) is 5.95 Å². The minimum atomic E-state index is -1.27. The summed E-state index contributed by atoms with van der Waals surface area (Å²) in [7, 11) is 1.76. The summed E-state index contributed by atoms with van der Waals surface area (Å²) in [6.45, 7) is 6.90. The second-order valence-corrected chi connectivity index (χ2v) is 19.1. The molecule has 4 aliphatic rings. The zero-order valence-electron chi connectivity index (χ0n) is 38.6. The number of carbonyl (C=O) groups is 2. The average molecular weight is 913 g/mol. The van der Waals surface area contributed by atoms with Gasteiger partial charge in [0.1, 0.15) is 12.1 Å². The van der Waals surface area contributed by atoms with Gasteiger partial charge in [0, 0.05) is 86.0 Å². The number of H-pyrrole nitrogens is 1. The molecule has 14 nitrogen and oxygen atoms in total. The number of piperidine rings is 1. The number of piperazine rings is 1.